The molecule has 1 atom stereocenters. The Labute approximate surface area is 134 Å². The molecule has 0 aromatic heterocycles. The van der Waals surface area contributed by atoms with E-state index in [1.165, 1.54) is 12.8 Å². The van der Waals surface area contributed by atoms with Crippen LogP contribution in [0.3, 0.4) is 0 Å². The fraction of sp³-hybridized carbons (Fsp3) is 0.625. The van der Waals surface area contributed by atoms with E-state index in [1.807, 2.05) is 24.3 Å². The van der Waals surface area contributed by atoms with Crippen LogP contribution in [-0.2, 0) is 0 Å². The molecule has 1 aliphatic rings. The predicted molar refractivity (Wildman–Crippen MR) is 88.9 cm³/mol. The van der Waals surface area contributed by atoms with Gasteiger partial charge in [0.15, 0.2) is 0 Å². The number of benzene rings is 1. The zero-order valence-electron chi connectivity index (χ0n) is 13.0. The Morgan fingerprint density at radius 1 is 1.24 bits per heavy atom. The molecule has 0 saturated carbocycles. The number of nitrogens with one attached hydrogen (secondary N) is 1. The third-order valence-electron chi connectivity index (χ3n) is 3.80. The highest BCUT2D eigenvalue weighted by atomic mass is 35.5. The molecule has 1 unspecified atom stereocenters. The summed E-state index contributed by atoms with van der Waals surface area (Å²) in [6.07, 6.45) is 2.50. The van der Waals surface area contributed by atoms with Gasteiger partial charge in [-0.25, -0.2) is 0 Å². The third kappa shape index (κ3) is 5.73. The first-order chi connectivity index (χ1) is 9.83. The highest BCUT2D eigenvalue weighted by Gasteiger charge is 2.20. The summed E-state index contributed by atoms with van der Waals surface area (Å²) in [4.78, 5) is 2.55. The lowest BCUT2D eigenvalue weighted by atomic mass is 10.1. The molecule has 1 aromatic carbocycles. The van der Waals surface area contributed by atoms with Gasteiger partial charge < -0.3 is 14.8 Å². The summed E-state index contributed by atoms with van der Waals surface area (Å²) < 4.78 is 11.0. The van der Waals surface area contributed by atoms with E-state index in [0.29, 0.717) is 6.04 Å². The first kappa shape index (κ1) is 18.1. The normalized spacial score (nSPS) is 18.9. The summed E-state index contributed by atoms with van der Waals surface area (Å²) in [5.74, 6) is 1.77. The number of piperazine rings is 1. The van der Waals surface area contributed by atoms with Gasteiger partial charge in [-0.2, -0.15) is 0 Å². The number of hydrogen-bond acceptors (Lipinski definition) is 4. The summed E-state index contributed by atoms with van der Waals surface area (Å²) in [5.41, 5.74) is 0. The van der Waals surface area contributed by atoms with Crippen LogP contribution in [0.15, 0.2) is 24.3 Å². The van der Waals surface area contributed by atoms with E-state index in [4.69, 9.17) is 9.47 Å². The van der Waals surface area contributed by atoms with Crippen molar-refractivity contribution < 1.29 is 9.47 Å². The Bertz CT molecular complexity index is 384. The van der Waals surface area contributed by atoms with Gasteiger partial charge in [-0.05, 0) is 30.7 Å². The fourth-order valence-corrected chi connectivity index (χ4v) is 2.67. The third-order valence-corrected chi connectivity index (χ3v) is 3.80. The van der Waals surface area contributed by atoms with Gasteiger partial charge in [-0.3, -0.25) is 4.90 Å². The molecule has 0 bridgehead atoms. The second-order valence-electron chi connectivity index (χ2n) is 5.21. The quantitative estimate of drug-likeness (QED) is 0.838. The lowest BCUT2D eigenvalue weighted by molar-refractivity contribution is 0.127. The van der Waals surface area contributed by atoms with E-state index in [1.54, 1.807) is 7.11 Å². The van der Waals surface area contributed by atoms with Gasteiger partial charge in [0.25, 0.3) is 0 Å². The van der Waals surface area contributed by atoms with Crippen molar-refractivity contribution in [3.63, 3.8) is 0 Å². The Hall–Kier alpha value is -0.970. The molecule has 1 heterocycles. The van der Waals surface area contributed by atoms with E-state index < -0.39 is 0 Å². The molecule has 2 rings (SSSR count). The highest BCUT2D eigenvalue weighted by molar-refractivity contribution is 5.85. The monoisotopic (exact) mass is 314 g/mol. The minimum Gasteiger partial charge on any atom is -0.497 e. The molecular weight excluding hydrogens is 288 g/mol. The first-order valence-corrected chi connectivity index (χ1v) is 7.55. The van der Waals surface area contributed by atoms with Gasteiger partial charge in [0.2, 0.25) is 0 Å². The SMILES string of the molecule is CCCC1CNCCN1CCOc1ccc(OC)cc1.Cl. The number of nitrogens with zero attached hydrogens (tertiary/aromatic N) is 1. The Morgan fingerprint density at radius 3 is 2.62 bits per heavy atom. The van der Waals surface area contributed by atoms with Crippen LogP contribution in [0, 0.1) is 0 Å². The zero-order valence-corrected chi connectivity index (χ0v) is 13.8. The second-order valence-corrected chi connectivity index (χ2v) is 5.21. The minimum absolute atomic E-state index is 0. The molecule has 120 valence electrons. The Morgan fingerprint density at radius 2 is 1.95 bits per heavy atom. The van der Waals surface area contributed by atoms with Gasteiger partial charge in [-0.1, -0.05) is 13.3 Å². The van der Waals surface area contributed by atoms with Gasteiger partial charge in [-0.15, -0.1) is 12.4 Å². The Kier molecular flexibility index (Phi) is 8.50. The Balaban J connectivity index is 0.00000220. The number of hydrogen-bond donors (Lipinski definition) is 1. The molecule has 1 aromatic rings. The molecule has 5 heteroatoms. The van der Waals surface area contributed by atoms with Crippen LogP contribution in [-0.4, -0.2) is 50.8 Å². The van der Waals surface area contributed by atoms with Gasteiger partial charge in [0, 0.05) is 32.2 Å². The van der Waals surface area contributed by atoms with Crippen LogP contribution in [0.2, 0.25) is 0 Å². The second kappa shape index (κ2) is 9.87. The number of halogens is 1. The molecule has 0 spiro atoms. The molecule has 0 radical (unpaired) electrons. The van der Waals surface area contributed by atoms with Crippen LogP contribution in [0.1, 0.15) is 19.8 Å². The van der Waals surface area contributed by atoms with E-state index in [9.17, 15) is 0 Å². The van der Waals surface area contributed by atoms with Gasteiger partial charge >= 0.3 is 0 Å². The standard InChI is InChI=1S/C16H26N2O2.ClH/c1-3-4-14-13-17-9-10-18(14)11-12-20-16-7-5-15(19-2)6-8-16;/h5-8,14,17H,3-4,9-13H2,1-2H3;1H. The van der Waals surface area contributed by atoms with Gasteiger partial charge in [0.1, 0.15) is 18.1 Å². The molecule has 4 nitrogen and oxygen atoms in total. The van der Waals surface area contributed by atoms with Crippen LogP contribution in [0.25, 0.3) is 0 Å². The molecular formula is C16H27ClN2O2. The minimum atomic E-state index is 0. The van der Waals surface area contributed by atoms with Crippen LogP contribution < -0.4 is 14.8 Å². The topological polar surface area (TPSA) is 33.7 Å². The van der Waals surface area contributed by atoms with E-state index in [-0.39, 0.29) is 12.4 Å². The van der Waals surface area contributed by atoms with Crippen molar-refractivity contribution in [2.24, 2.45) is 0 Å². The molecule has 1 aliphatic heterocycles. The van der Waals surface area contributed by atoms with Gasteiger partial charge in [0.05, 0.1) is 7.11 Å². The van der Waals surface area contributed by atoms with E-state index in [0.717, 1.165) is 44.3 Å². The zero-order chi connectivity index (χ0) is 14.2. The summed E-state index contributed by atoms with van der Waals surface area (Å²) in [6, 6.07) is 8.44. The average molecular weight is 315 g/mol. The lowest BCUT2D eigenvalue weighted by Gasteiger charge is -2.36. The summed E-state index contributed by atoms with van der Waals surface area (Å²) >= 11 is 0. The highest BCUT2D eigenvalue weighted by Crippen LogP contribution is 2.17. The van der Waals surface area contributed by atoms with E-state index >= 15 is 0 Å². The van der Waals surface area contributed by atoms with Crippen molar-refractivity contribution in [1.82, 2.24) is 10.2 Å². The summed E-state index contributed by atoms with van der Waals surface area (Å²) in [7, 11) is 1.67. The molecule has 0 aliphatic carbocycles. The molecule has 0 amide bonds. The average Bonchev–Trinajstić information content (AvgIpc) is 2.50. The van der Waals surface area contributed by atoms with Crippen molar-refractivity contribution in [1.29, 1.82) is 0 Å². The number of methoxy groups -OCH3 is 1. The van der Waals surface area contributed by atoms with Crippen LogP contribution in [0.4, 0.5) is 0 Å². The van der Waals surface area contributed by atoms with Crippen molar-refractivity contribution in [3.8, 4) is 11.5 Å². The van der Waals surface area contributed by atoms with Crippen molar-refractivity contribution in [2.75, 3.05) is 39.9 Å². The number of ether oxygens (including phenoxy) is 2. The van der Waals surface area contributed by atoms with Crippen molar-refractivity contribution in [2.45, 2.75) is 25.8 Å². The maximum absolute atomic E-state index is 5.82. The summed E-state index contributed by atoms with van der Waals surface area (Å²) in [5, 5.41) is 3.47. The maximum Gasteiger partial charge on any atom is 0.119 e. The van der Waals surface area contributed by atoms with E-state index in [2.05, 4.69) is 17.1 Å². The van der Waals surface area contributed by atoms with Crippen molar-refractivity contribution >= 4 is 12.4 Å². The molecule has 1 saturated heterocycles. The first-order valence-electron chi connectivity index (χ1n) is 7.55. The van der Waals surface area contributed by atoms with Crippen LogP contribution >= 0.6 is 12.4 Å². The molecule has 1 N–H and O–H groups in total. The van der Waals surface area contributed by atoms with Crippen molar-refractivity contribution in [3.05, 3.63) is 24.3 Å². The molecule has 21 heavy (non-hydrogen) atoms. The maximum atomic E-state index is 5.82. The largest absolute Gasteiger partial charge is 0.497 e. The predicted octanol–water partition coefficient (Wildman–Crippen LogP) is 2.57. The fourth-order valence-electron chi connectivity index (χ4n) is 2.67. The smallest absolute Gasteiger partial charge is 0.119 e. The summed E-state index contributed by atoms with van der Waals surface area (Å²) in [6.45, 7) is 7.31. The lowest BCUT2D eigenvalue weighted by Crippen LogP contribution is -2.52. The number of rotatable bonds is 7. The molecule has 1 fully saturated rings. The van der Waals surface area contributed by atoms with Crippen LogP contribution in [0.5, 0.6) is 11.5 Å².